The SMILES string of the molecule is Cc1nn(Cc2cccnc2)c(N)c1C#N. The summed E-state index contributed by atoms with van der Waals surface area (Å²) in [6.07, 6.45) is 3.46. The average Bonchev–Trinajstić information content (AvgIpc) is 2.55. The van der Waals surface area contributed by atoms with Crippen LogP contribution in [0.25, 0.3) is 0 Å². The van der Waals surface area contributed by atoms with Crippen LogP contribution in [0.3, 0.4) is 0 Å². The maximum Gasteiger partial charge on any atom is 0.140 e. The summed E-state index contributed by atoms with van der Waals surface area (Å²) < 4.78 is 1.62. The van der Waals surface area contributed by atoms with Gasteiger partial charge in [0.2, 0.25) is 0 Å². The van der Waals surface area contributed by atoms with Gasteiger partial charge >= 0.3 is 0 Å². The summed E-state index contributed by atoms with van der Waals surface area (Å²) in [4.78, 5) is 4.01. The molecule has 80 valence electrons. The molecule has 0 unspecified atom stereocenters. The summed E-state index contributed by atoms with van der Waals surface area (Å²) >= 11 is 0. The molecule has 0 atom stereocenters. The minimum absolute atomic E-state index is 0.406. The lowest BCUT2D eigenvalue weighted by atomic mass is 10.2. The molecule has 2 aromatic heterocycles. The second kappa shape index (κ2) is 4.03. The highest BCUT2D eigenvalue weighted by Crippen LogP contribution is 2.15. The highest BCUT2D eigenvalue weighted by molar-refractivity contribution is 5.51. The van der Waals surface area contributed by atoms with Crippen LogP contribution in [0, 0.1) is 18.3 Å². The zero-order valence-corrected chi connectivity index (χ0v) is 8.88. The molecule has 2 aromatic rings. The molecule has 0 radical (unpaired) electrons. The summed E-state index contributed by atoms with van der Waals surface area (Å²) in [5.41, 5.74) is 7.93. The van der Waals surface area contributed by atoms with E-state index >= 15 is 0 Å². The molecule has 5 heteroatoms. The topological polar surface area (TPSA) is 80.5 Å². The molecule has 5 nitrogen and oxygen atoms in total. The van der Waals surface area contributed by atoms with E-state index in [-0.39, 0.29) is 0 Å². The smallest absolute Gasteiger partial charge is 0.140 e. The molecule has 0 aromatic carbocycles. The van der Waals surface area contributed by atoms with E-state index in [2.05, 4.69) is 10.1 Å². The number of aromatic nitrogens is 3. The maximum atomic E-state index is 8.88. The van der Waals surface area contributed by atoms with Gasteiger partial charge in [-0.3, -0.25) is 4.98 Å². The van der Waals surface area contributed by atoms with E-state index in [9.17, 15) is 0 Å². The first-order valence-corrected chi connectivity index (χ1v) is 4.84. The van der Waals surface area contributed by atoms with Crippen LogP contribution < -0.4 is 5.73 Å². The third-order valence-electron chi connectivity index (χ3n) is 2.33. The Morgan fingerprint density at radius 3 is 2.94 bits per heavy atom. The summed E-state index contributed by atoms with van der Waals surface area (Å²) in [5, 5.41) is 13.1. The minimum atomic E-state index is 0.406. The molecule has 0 bridgehead atoms. The molecule has 2 rings (SSSR count). The molecular formula is C11H11N5. The van der Waals surface area contributed by atoms with Gasteiger partial charge in [0.1, 0.15) is 17.5 Å². The van der Waals surface area contributed by atoms with Crippen LogP contribution in [-0.4, -0.2) is 14.8 Å². The lowest BCUT2D eigenvalue weighted by Gasteiger charge is -2.03. The standard InChI is InChI=1S/C11H11N5/c1-8-10(5-12)11(13)16(15-8)7-9-3-2-4-14-6-9/h2-4,6H,7,13H2,1H3. The normalized spacial score (nSPS) is 10.0. The van der Waals surface area contributed by atoms with E-state index in [1.807, 2.05) is 18.2 Å². The Bertz CT molecular complexity index is 535. The van der Waals surface area contributed by atoms with Crippen LogP contribution in [-0.2, 0) is 6.54 Å². The molecule has 0 amide bonds. The zero-order chi connectivity index (χ0) is 11.5. The predicted octanol–water partition coefficient (Wildman–Crippen LogP) is 1.09. The summed E-state index contributed by atoms with van der Waals surface area (Å²) in [7, 11) is 0. The van der Waals surface area contributed by atoms with Gasteiger partial charge < -0.3 is 5.73 Å². The van der Waals surface area contributed by atoms with Gasteiger partial charge in [-0.1, -0.05) is 6.07 Å². The quantitative estimate of drug-likeness (QED) is 0.809. The molecular weight excluding hydrogens is 202 g/mol. The van der Waals surface area contributed by atoms with Gasteiger partial charge in [-0.05, 0) is 18.6 Å². The molecule has 2 N–H and O–H groups in total. The number of hydrogen-bond donors (Lipinski definition) is 1. The first-order chi connectivity index (χ1) is 7.72. The van der Waals surface area contributed by atoms with Crippen molar-refractivity contribution in [3.05, 3.63) is 41.3 Å². The molecule has 0 spiro atoms. The van der Waals surface area contributed by atoms with E-state index in [1.165, 1.54) is 0 Å². The van der Waals surface area contributed by atoms with Gasteiger partial charge in [0.15, 0.2) is 0 Å². The molecule has 2 heterocycles. The van der Waals surface area contributed by atoms with Gasteiger partial charge in [0, 0.05) is 12.4 Å². The zero-order valence-electron chi connectivity index (χ0n) is 8.88. The number of nitriles is 1. The van der Waals surface area contributed by atoms with Crippen molar-refractivity contribution in [1.82, 2.24) is 14.8 Å². The van der Waals surface area contributed by atoms with Crippen molar-refractivity contribution in [2.24, 2.45) is 0 Å². The molecule has 0 fully saturated rings. The summed E-state index contributed by atoms with van der Waals surface area (Å²) in [6.45, 7) is 2.30. The van der Waals surface area contributed by atoms with Crippen molar-refractivity contribution in [3.8, 4) is 6.07 Å². The summed E-state index contributed by atoms with van der Waals surface area (Å²) in [5.74, 6) is 0.406. The van der Waals surface area contributed by atoms with Crippen molar-refractivity contribution < 1.29 is 0 Å². The monoisotopic (exact) mass is 213 g/mol. The number of nitrogen functional groups attached to an aromatic ring is 1. The minimum Gasteiger partial charge on any atom is -0.383 e. The summed E-state index contributed by atoms with van der Waals surface area (Å²) in [6, 6.07) is 5.84. The van der Waals surface area contributed by atoms with Crippen LogP contribution in [0.15, 0.2) is 24.5 Å². The van der Waals surface area contributed by atoms with Crippen LogP contribution >= 0.6 is 0 Å². The highest BCUT2D eigenvalue weighted by Gasteiger charge is 2.11. The van der Waals surface area contributed by atoms with Crippen LogP contribution in [0.4, 0.5) is 5.82 Å². The van der Waals surface area contributed by atoms with Crippen molar-refractivity contribution in [3.63, 3.8) is 0 Å². The van der Waals surface area contributed by atoms with E-state index in [4.69, 9.17) is 11.0 Å². The van der Waals surface area contributed by atoms with Gasteiger partial charge in [-0.25, -0.2) is 4.68 Å². The second-order valence-electron chi connectivity index (χ2n) is 3.48. The van der Waals surface area contributed by atoms with E-state index < -0.39 is 0 Å². The number of rotatable bonds is 2. The second-order valence-corrected chi connectivity index (χ2v) is 3.48. The fraction of sp³-hybridized carbons (Fsp3) is 0.182. The van der Waals surface area contributed by atoms with Crippen molar-refractivity contribution >= 4 is 5.82 Å². The Balaban J connectivity index is 2.34. The van der Waals surface area contributed by atoms with Crippen molar-refractivity contribution in [2.75, 3.05) is 5.73 Å². The first-order valence-electron chi connectivity index (χ1n) is 4.84. The van der Waals surface area contributed by atoms with E-state index in [0.717, 1.165) is 5.56 Å². The molecule has 0 saturated carbocycles. The number of nitrogens with two attached hydrogens (primary N) is 1. The van der Waals surface area contributed by atoms with Gasteiger partial charge in [-0.2, -0.15) is 10.4 Å². The molecule has 0 saturated heterocycles. The Kier molecular flexibility index (Phi) is 2.56. The third-order valence-corrected chi connectivity index (χ3v) is 2.33. The molecule has 0 aliphatic carbocycles. The fourth-order valence-corrected chi connectivity index (χ4v) is 1.52. The van der Waals surface area contributed by atoms with E-state index in [0.29, 0.717) is 23.6 Å². The van der Waals surface area contributed by atoms with Gasteiger partial charge in [0.25, 0.3) is 0 Å². The molecule has 0 aliphatic heterocycles. The molecule has 16 heavy (non-hydrogen) atoms. The average molecular weight is 213 g/mol. The number of nitrogens with zero attached hydrogens (tertiary/aromatic N) is 4. The van der Waals surface area contributed by atoms with Gasteiger partial charge in [-0.15, -0.1) is 0 Å². The number of pyridine rings is 1. The highest BCUT2D eigenvalue weighted by atomic mass is 15.3. The van der Waals surface area contributed by atoms with Crippen molar-refractivity contribution in [1.29, 1.82) is 5.26 Å². The molecule has 0 aliphatic rings. The first kappa shape index (κ1) is 10.2. The van der Waals surface area contributed by atoms with Crippen LogP contribution in [0.1, 0.15) is 16.8 Å². The third kappa shape index (κ3) is 1.73. The predicted molar refractivity (Wildman–Crippen MR) is 59.4 cm³/mol. The lowest BCUT2D eigenvalue weighted by molar-refractivity contribution is 0.687. The number of aryl methyl sites for hydroxylation is 1. The van der Waals surface area contributed by atoms with Gasteiger partial charge in [0.05, 0.1) is 12.2 Å². The van der Waals surface area contributed by atoms with E-state index in [1.54, 1.807) is 24.0 Å². The Morgan fingerprint density at radius 1 is 1.56 bits per heavy atom. The largest absolute Gasteiger partial charge is 0.383 e. The maximum absolute atomic E-state index is 8.88. The van der Waals surface area contributed by atoms with Crippen molar-refractivity contribution in [2.45, 2.75) is 13.5 Å². The number of hydrogen-bond acceptors (Lipinski definition) is 4. The number of anilines is 1. The lowest BCUT2D eigenvalue weighted by Crippen LogP contribution is -2.06. The van der Waals surface area contributed by atoms with Crippen LogP contribution in [0.2, 0.25) is 0 Å². The Labute approximate surface area is 93.1 Å². The van der Waals surface area contributed by atoms with Crippen LogP contribution in [0.5, 0.6) is 0 Å². The Morgan fingerprint density at radius 2 is 2.38 bits per heavy atom. The fourth-order valence-electron chi connectivity index (χ4n) is 1.52. The Hall–Kier alpha value is -2.35.